The standard InChI is InChI=1S/C44H81NO2/c1-5-7-9-11-13-15-17-19-21-23-25-27-29-31-33-35-37-40-44(46-42-43(47-44)38-41-45(3)4)39-36-34-32-30-28-26-24-22-20-18-16-14-12-10-8-6-2/h14-17,20-23,43H,5-13,18-19,24-42H2,1-4H3/b16-14-,17-15-,22-20-,23-21-. The van der Waals surface area contributed by atoms with Gasteiger partial charge in [0, 0.05) is 19.4 Å². The molecule has 1 saturated heterocycles. The molecule has 0 aliphatic carbocycles. The third-order valence-corrected chi connectivity index (χ3v) is 9.58. The summed E-state index contributed by atoms with van der Waals surface area (Å²) < 4.78 is 13.2. The molecule has 47 heavy (non-hydrogen) atoms. The van der Waals surface area contributed by atoms with Gasteiger partial charge in [0.1, 0.15) is 0 Å². The van der Waals surface area contributed by atoms with Gasteiger partial charge in [0.25, 0.3) is 0 Å². The minimum Gasteiger partial charge on any atom is -0.347 e. The van der Waals surface area contributed by atoms with Crippen LogP contribution in [-0.4, -0.2) is 44.0 Å². The maximum atomic E-state index is 6.68. The Bertz CT molecular complexity index is 769. The molecule has 1 rings (SSSR count). The van der Waals surface area contributed by atoms with Crippen molar-refractivity contribution in [1.29, 1.82) is 0 Å². The number of rotatable bonds is 34. The highest BCUT2D eigenvalue weighted by atomic mass is 16.7. The van der Waals surface area contributed by atoms with E-state index in [-0.39, 0.29) is 11.9 Å². The van der Waals surface area contributed by atoms with Gasteiger partial charge in [0.05, 0.1) is 12.7 Å². The highest BCUT2D eigenvalue weighted by Gasteiger charge is 2.40. The molecule has 274 valence electrons. The summed E-state index contributed by atoms with van der Waals surface area (Å²) in [5, 5.41) is 0. The van der Waals surface area contributed by atoms with E-state index in [1.54, 1.807) is 0 Å². The molecule has 0 bridgehead atoms. The average Bonchev–Trinajstić information content (AvgIpc) is 3.48. The van der Waals surface area contributed by atoms with Crippen molar-refractivity contribution >= 4 is 0 Å². The first-order valence-electron chi connectivity index (χ1n) is 20.7. The lowest BCUT2D eigenvalue weighted by atomic mass is 9.98. The van der Waals surface area contributed by atoms with Crippen LogP contribution in [-0.2, 0) is 9.47 Å². The number of unbranched alkanes of at least 4 members (excludes halogenated alkanes) is 19. The van der Waals surface area contributed by atoms with Crippen LogP contribution in [0.1, 0.15) is 194 Å². The fourth-order valence-electron chi connectivity index (χ4n) is 6.49. The zero-order valence-corrected chi connectivity index (χ0v) is 32.2. The molecule has 0 saturated carbocycles. The second-order valence-corrected chi connectivity index (χ2v) is 14.6. The van der Waals surface area contributed by atoms with Crippen LogP contribution in [0.2, 0.25) is 0 Å². The van der Waals surface area contributed by atoms with Crippen molar-refractivity contribution in [2.75, 3.05) is 27.2 Å². The van der Waals surface area contributed by atoms with E-state index >= 15 is 0 Å². The van der Waals surface area contributed by atoms with Crippen molar-refractivity contribution in [1.82, 2.24) is 4.90 Å². The summed E-state index contributed by atoms with van der Waals surface area (Å²) in [6.07, 6.45) is 54.8. The van der Waals surface area contributed by atoms with Crippen LogP contribution in [0.4, 0.5) is 0 Å². The molecular weight excluding hydrogens is 574 g/mol. The van der Waals surface area contributed by atoms with Crippen LogP contribution >= 0.6 is 0 Å². The summed E-state index contributed by atoms with van der Waals surface area (Å²) >= 11 is 0. The average molecular weight is 656 g/mol. The molecule has 3 nitrogen and oxygen atoms in total. The number of allylic oxidation sites excluding steroid dienone is 8. The van der Waals surface area contributed by atoms with Gasteiger partial charge in [-0.05, 0) is 97.6 Å². The molecule has 0 amide bonds. The van der Waals surface area contributed by atoms with Crippen LogP contribution in [0.5, 0.6) is 0 Å². The normalized spacial score (nSPS) is 18.9. The molecule has 3 heteroatoms. The van der Waals surface area contributed by atoms with E-state index < -0.39 is 0 Å². The minimum atomic E-state index is -0.318. The fourth-order valence-corrected chi connectivity index (χ4v) is 6.49. The molecule has 2 atom stereocenters. The molecule has 0 aromatic carbocycles. The van der Waals surface area contributed by atoms with Gasteiger partial charge < -0.3 is 14.4 Å². The van der Waals surface area contributed by atoms with Crippen molar-refractivity contribution in [3.63, 3.8) is 0 Å². The van der Waals surface area contributed by atoms with E-state index in [2.05, 4.69) is 81.5 Å². The maximum Gasteiger partial charge on any atom is 0.168 e. The second kappa shape index (κ2) is 33.3. The summed E-state index contributed by atoms with van der Waals surface area (Å²) in [6, 6.07) is 0. The summed E-state index contributed by atoms with van der Waals surface area (Å²) in [5.41, 5.74) is 0. The van der Waals surface area contributed by atoms with Gasteiger partial charge in [-0.2, -0.15) is 0 Å². The molecule has 0 aromatic rings. The van der Waals surface area contributed by atoms with Crippen LogP contribution in [0.15, 0.2) is 48.6 Å². The van der Waals surface area contributed by atoms with Gasteiger partial charge >= 0.3 is 0 Å². The highest BCUT2D eigenvalue weighted by molar-refractivity contribution is 4.93. The maximum absolute atomic E-state index is 6.68. The molecule has 1 heterocycles. The van der Waals surface area contributed by atoms with Gasteiger partial charge in [0.2, 0.25) is 0 Å². The van der Waals surface area contributed by atoms with Crippen LogP contribution < -0.4 is 0 Å². The lowest BCUT2D eigenvalue weighted by Gasteiger charge is -2.29. The molecule has 1 fully saturated rings. The molecule has 2 unspecified atom stereocenters. The number of hydrogen-bond donors (Lipinski definition) is 0. The molecule has 0 aromatic heterocycles. The van der Waals surface area contributed by atoms with Gasteiger partial charge in [-0.15, -0.1) is 0 Å². The topological polar surface area (TPSA) is 21.7 Å². The Labute approximate surface area is 295 Å². The third-order valence-electron chi connectivity index (χ3n) is 9.58. The van der Waals surface area contributed by atoms with Crippen LogP contribution in [0, 0.1) is 0 Å². The number of nitrogens with zero attached hydrogens (tertiary/aromatic N) is 1. The van der Waals surface area contributed by atoms with Gasteiger partial charge in [0.15, 0.2) is 5.79 Å². The van der Waals surface area contributed by atoms with Crippen molar-refractivity contribution in [3.05, 3.63) is 48.6 Å². The van der Waals surface area contributed by atoms with Crippen molar-refractivity contribution in [2.24, 2.45) is 0 Å². The zero-order chi connectivity index (χ0) is 33.9. The Morgan fingerprint density at radius 3 is 1.34 bits per heavy atom. The van der Waals surface area contributed by atoms with E-state index in [4.69, 9.17) is 9.47 Å². The second-order valence-electron chi connectivity index (χ2n) is 14.6. The first-order chi connectivity index (χ1) is 23.1. The Morgan fingerprint density at radius 1 is 0.511 bits per heavy atom. The lowest BCUT2D eigenvalue weighted by molar-refractivity contribution is -0.180. The van der Waals surface area contributed by atoms with Crippen molar-refractivity contribution in [2.45, 2.75) is 206 Å². The monoisotopic (exact) mass is 656 g/mol. The van der Waals surface area contributed by atoms with Crippen molar-refractivity contribution < 1.29 is 9.47 Å². The Balaban J connectivity index is 2.15. The van der Waals surface area contributed by atoms with Crippen LogP contribution in [0.3, 0.4) is 0 Å². The minimum absolute atomic E-state index is 0.261. The fraction of sp³-hybridized carbons (Fsp3) is 0.818. The predicted molar refractivity (Wildman–Crippen MR) is 209 cm³/mol. The van der Waals surface area contributed by atoms with Crippen LogP contribution in [0.25, 0.3) is 0 Å². The third kappa shape index (κ3) is 28.4. The molecule has 0 radical (unpaired) electrons. The van der Waals surface area contributed by atoms with Crippen molar-refractivity contribution in [3.8, 4) is 0 Å². The quantitative estimate of drug-likeness (QED) is 0.0508. The van der Waals surface area contributed by atoms with Gasteiger partial charge in [-0.25, -0.2) is 0 Å². The van der Waals surface area contributed by atoms with E-state index in [9.17, 15) is 0 Å². The lowest BCUT2D eigenvalue weighted by Crippen LogP contribution is -2.31. The van der Waals surface area contributed by atoms with E-state index in [1.165, 1.54) is 148 Å². The Morgan fingerprint density at radius 2 is 0.894 bits per heavy atom. The molecular formula is C44H81NO2. The summed E-state index contributed by atoms with van der Waals surface area (Å²) in [6.45, 7) is 6.39. The Kier molecular flexibility index (Phi) is 31.1. The summed E-state index contributed by atoms with van der Waals surface area (Å²) in [7, 11) is 4.30. The first kappa shape index (κ1) is 43.9. The molecule has 1 aliphatic rings. The number of hydrogen-bond acceptors (Lipinski definition) is 3. The van der Waals surface area contributed by atoms with Gasteiger partial charge in [-0.3, -0.25) is 0 Å². The molecule has 0 N–H and O–H groups in total. The van der Waals surface area contributed by atoms with E-state index in [1.807, 2.05) is 0 Å². The summed E-state index contributed by atoms with van der Waals surface area (Å²) in [4.78, 5) is 2.26. The Hall–Kier alpha value is -1.16. The van der Waals surface area contributed by atoms with E-state index in [0.29, 0.717) is 0 Å². The number of ether oxygens (including phenoxy) is 2. The zero-order valence-electron chi connectivity index (χ0n) is 32.2. The predicted octanol–water partition coefficient (Wildman–Crippen LogP) is 13.8. The van der Waals surface area contributed by atoms with Gasteiger partial charge in [-0.1, -0.05) is 146 Å². The SMILES string of the molecule is CCCCC/C=C\C/C=C\CCCCCCCCC1(CCCCCCCC/C=C\C/C=C\CCCCCC)OCC(CCN(C)C)O1. The smallest absolute Gasteiger partial charge is 0.168 e. The van der Waals surface area contributed by atoms with E-state index in [0.717, 1.165) is 45.3 Å². The summed E-state index contributed by atoms with van der Waals surface area (Å²) in [5.74, 6) is -0.318. The first-order valence-corrected chi connectivity index (χ1v) is 20.7. The largest absolute Gasteiger partial charge is 0.347 e. The molecule has 0 spiro atoms. The highest BCUT2D eigenvalue weighted by Crippen LogP contribution is 2.35. The molecule has 1 aliphatic heterocycles.